The third-order valence-corrected chi connectivity index (χ3v) is 15.2. The molecule has 1 unspecified atom stereocenters. The van der Waals surface area contributed by atoms with Gasteiger partial charge in [-0.05, 0) is 122 Å². The van der Waals surface area contributed by atoms with Gasteiger partial charge in [0.15, 0.2) is 17.3 Å². The van der Waals surface area contributed by atoms with Crippen LogP contribution < -0.4 is 32.1 Å². The third kappa shape index (κ3) is 17.4. The van der Waals surface area contributed by atoms with E-state index in [0.717, 1.165) is 92.6 Å². The van der Waals surface area contributed by atoms with Crippen molar-refractivity contribution in [3.63, 3.8) is 0 Å². The van der Waals surface area contributed by atoms with Crippen LogP contribution in [0, 0.1) is 33.4 Å². The van der Waals surface area contributed by atoms with Crippen LogP contribution in [0.4, 0.5) is 28.9 Å². The molecule has 1 aliphatic heterocycles. The molecule has 1 aromatic heterocycles. The number of unbranched alkanes of at least 4 members (excludes halogenated alkanes) is 8. The molecule has 15 nitrogen and oxygen atoms in total. The number of halogens is 5. The fourth-order valence-corrected chi connectivity index (χ4v) is 10.2. The van der Waals surface area contributed by atoms with Crippen molar-refractivity contribution >= 4 is 74.8 Å². The zero-order valence-electron chi connectivity index (χ0n) is 43.6. The number of aromatic nitrogens is 1. The summed E-state index contributed by atoms with van der Waals surface area (Å²) in [7, 11) is 0. The number of rotatable bonds is 29. The van der Waals surface area contributed by atoms with Gasteiger partial charge in [0.2, 0.25) is 17.7 Å². The minimum Gasteiger partial charge on any atom is -0.391 e. The molecule has 0 radical (unpaired) electrons. The van der Waals surface area contributed by atoms with Crippen LogP contribution in [0.3, 0.4) is 0 Å². The van der Waals surface area contributed by atoms with Crippen molar-refractivity contribution in [1.29, 1.82) is 0 Å². The van der Waals surface area contributed by atoms with E-state index in [1.165, 1.54) is 28.4 Å². The summed E-state index contributed by atoms with van der Waals surface area (Å²) in [6.07, 6.45) is 8.94. The van der Waals surface area contributed by atoms with Gasteiger partial charge < -0.3 is 36.6 Å². The molecule has 3 aromatic carbocycles. The first-order chi connectivity index (χ1) is 36.2. The third-order valence-electron chi connectivity index (χ3n) is 13.5. The molecule has 0 bridgehead atoms. The SMILES string of the molecule is Cc1ncsc1-c1ccc([C@H](CC(=O)NCCCCCCCCCCCNCCCONC(=O)c2ccc(F)c(F)c2Nc2ccc(I)cc2F)NC(=O)[C@@H]2C[C@@H](O)CN2C(=O)C(NC(=O)C2(F)CC2)C(C)(C)C)cc1. The van der Waals surface area contributed by atoms with Crippen molar-refractivity contribution in [2.45, 2.75) is 147 Å². The number of nitrogens with zero attached hydrogens (tertiary/aromatic N) is 2. The Hall–Kier alpha value is -5.23. The van der Waals surface area contributed by atoms with E-state index >= 15 is 0 Å². The highest BCUT2D eigenvalue weighted by Gasteiger charge is 2.53. The number of nitrogens with one attached hydrogen (secondary N) is 6. The molecule has 414 valence electrons. The molecule has 5 amide bonds. The Bertz CT molecular complexity index is 2620. The number of hydrogen-bond acceptors (Lipinski definition) is 11. The Kier molecular flexibility index (Phi) is 22.4. The lowest BCUT2D eigenvalue weighted by Crippen LogP contribution is -2.59. The number of hydroxylamine groups is 1. The molecule has 7 N–H and O–H groups in total. The fourth-order valence-electron chi connectivity index (χ4n) is 8.93. The second-order valence-electron chi connectivity index (χ2n) is 20.7. The lowest BCUT2D eigenvalue weighted by molar-refractivity contribution is -0.145. The van der Waals surface area contributed by atoms with Crippen LogP contribution in [0.2, 0.25) is 0 Å². The predicted molar refractivity (Wildman–Crippen MR) is 293 cm³/mol. The molecular formula is C55H71F4IN8O7S. The van der Waals surface area contributed by atoms with Crippen LogP contribution in [0.1, 0.15) is 138 Å². The highest BCUT2D eigenvalue weighted by Crippen LogP contribution is 2.41. The van der Waals surface area contributed by atoms with Crippen molar-refractivity contribution in [2.24, 2.45) is 5.41 Å². The van der Waals surface area contributed by atoms with E-state index < -0.39 is 82.1 Å². The van der Waals surface area contributed by atoms with Gasteiger partial charge in [0, 0.05) is 23.1 Å². The first-order valence-corrected chi connectivity index (χ1v) is 28.1. The minimum atomic E-state index is -2.01. The van der Waals surface area contributed by atoms with E-state index in [-0.39, 0.29) is 56.0 Å². The van der Waals surface area contributed by atoms with E-state index in [9.17, 15) is 46.6 Å². The van der Waals surface area contributed by atoms with E-state index in [1.54, 1.807) is 32.3 Å². The summed E-state index contributed by atoms with van der Waals surface area (Å²) in [4.78, 5) is 79.1. The van der Waals surface area contributed by atoms with Crippen LogP contribution in [-0.2, 0) is 24.0 Å². The zero-order chi connectivity index (χ0) is 55.0. The number of β-amino-alcohol motifs (C(OH)–C–C–N with tert-alkyl or cyclic N) is 1. The van der Waals surface area contributed by atoms with E-state index in [1.807, 2.05) is 53.8 Å². The summed E-state index contributed by atoms with van der Waals surface area (Å²) in [6.45, 7) is 9.15. The number of aliphatic hydroxyl groups is 1. The van der Waals surface area contributed by atoms with Crippen molar-refractivity contribution in [3.8, 4) is 10.4 Å². The number of benzene rings is 3. The molecule has 2 fully saturated rings. The molecule has 1 saturated heterocycles. The van der Waals surface area contributed by atoms with Gasteiger partial charge in [-0.25, -0.2) is 28.0 Å². The van der Waals surface area contributed by atoms with Crippen LogP contribution in [0.15, 0.2) is 60.1 Å². The van der Waals surface area contributed by atoms with Crippen molar-refractivity contribution in [2.75, 3.05) is 38.1 Å². The maximum atomic E-state index is 14.7. The first-order valence-electron chi connectivity index (χ1n) is 26.1. The second kappa shape index (κ2) is 28.4. The number of carbonyl (C=O) groups excluding carboxylic acids is 5. The van der Waals surface area contributed by atoms with Gasteiger partial charge in [-0.1, -0.05) is 90.0 Å². The standard InChI is InChI=1S/C55H71F4IN8O7S/c1-34-48(76-33-63-34)36-17-15-35(16-18-36)43(65-51(72)44-30-38(69)32-68(44)52(73)49(54(2,3)4)66-53(74)55(59)23-24-55)31-45(70)62-27-13-11-9-7-5-6-8-10-12-25-61-26-14-28-75-67-50(71)39-20-21-40(56)46(58)47(39)64-42-22-19-37(60)29-41(42)57/h15-22,29,33,38,43-44,49,61,64,69H,5-14,23-28,30-32H2,1-4H3,(H,62,70)(H,65,72)(H,66,74)(H,67,71)/t38-,43+,44+,49?/m1/s1. The quantitative estimate of drug-likeness (QED) is 0.0119. The number of amides is 5. The Morgan fingerprint density at radius 1 is 0.868 bits per heavy atom. The van der Waals surface area contributed by atoms with Gasteiger partial charge in [0.1, 0.15) is 17.9 Å². The summed E-state index contributed by atoms with van der Waals surface area (Å²) in [5.41, 5.74) is 2.83. The molecule has 6 rings (SSSR count). The number of alkyl halides is 1. The van der Waals surface area contributed by atoms with Gasteiger partial charge >= 0.3 is 0 Å². The molecule has 2 aliphatic rings. The molecule has 4 aromatic rings. The molecule has 0 spiro atoms. The number of anilines is 2. The average molecular weight is 1190 g/mol. The second-order valence-corrected chi connectivity index (χ2v) is 22.8. The molecule has 2 heterocycles. The highest BCUT2D eigenvalue weighted by atomic mass is 127. The number of carbonyl (C=O) groups is 5. The maximum absolute atomic E-state index is 14.7. The number of aryl methyl sites for hydroxylation is 1. The monoisotopic (exact) mass is 1190 g/mol. The molecule has 1 saturated carbocycles. The van der Waals surface area contributed by atoms with Crippen LogP contribution in [-0.4, -0.2) is 101 Å². The Morgan fingerprint density at radius 3 is 2.16 bits per heavy atom. The summed E-state index contributed by atoms with van der Waals surface area (Å²) < 4.78 is 58.5. The largest absolute Gasteiger partial charge is 0.391 e. The predicted octanol–water partition coefficient (Wildman–Crippen LogP) is 9.39. The summed E-state index contributed by atoms with van der Waals surface area (Å²) >= 11 is 3.43. The number of likely N-dealkylation sites (tertiary alicyclic amines) is 1. The molecule has 1 aliphatic carbocycles. The van der Waals surface area contributed by atoms with Gasteiger partial charge in [0.05, 0.1) is 58.2 Å². The van der Waals surface area contributed by atoms with E-state index in [0.29, 0.717) is 28.6 Å². The lowest BCUT2D eigenvalue weighted by Gasteiger charge is -2.36. The smallest absolute Gasteiger partial charge is 0.277 e. The average Bonchev–Trinajstić information content (AvgIpc) is 3.79. The van der Waals surface area contributed by atoms with Gasteiger partial charge in [0.25, 0.3) is 11.8 Å². The molecule has 76 heavy (non-hydrogen) atoms. The van der Waals surface area contributed by atoms with E-state index in [2.05, 4.69) is 37.0 Å². The summed E-state index contributed by atoms with van der Waals surface area (Å²) in [5.74, 6) is -6.26. The van der Waals surface area contributed by atoms with Gasteiger partial charge in [-0.2, -0.15) is 0 Å². The van der Waals surface area contributed by atoms with Crippen molar-refractivity contribution in [3.05, 3.63) is 98.0 Å². The number of thiazole rings is 1. The summed E-state index contributed by atoms with van der Waals surface area (Å²) in [6, 6.07) is 10.6. The minimum absolute atomic E-state index is 0.0435. The number of aliphatic hydroxyl groups excluding tert-OH is 1. The first kappa shape index (κ1) is 60.0. The Balaban J connectivity index is 0.851. The molecule has 21 heteroatoms. The normalized spacial score (nSPS) is 16.7. The fraction of sp³-hybridized carbons (Fsp3) is 0.527. The van der Waals surface area contributed by atoms with Crippen molar-refractivity contribution < 1.29 is 51.5 Å². The van der Waals surface area contributed by atoms with E-state index in [4.69, 9.17) is 4.84 Å². The molecule has 4 atom stereocenters. The van der Waals surface area contributed by atoms with Crippen molar-refractivity contribution in [1.82, 2.24) is 36.6 Å². The Morgan fingerprint density at radius 2 is 1.53 bits per heavy atom. The zero-order valence-corrected chi connectivity index (χ0v) is 46.6. The topological polar surface area (TPSA) is 203 Å². The van der Waals surface area contributed by atoms with Crippen LogP contribution in [0.5, 0.6) is 0 Å². The van der Waals surface area contributed by atoms with Gasteiger partial charge in [-0.3, -0.25) is 28.8 Å². The lowest BCUT2D eigenvalue weighted by atomic mass is 9.85. The Labute approximate surface area is 460 Å². The van der Waals surface area contributed by atoms with Crippen LogP contribution >= 0.6 is 33.9 Å². The van der Waals surface area contributed by atoms with Crippen LogP contribution in [0.25, 0.3) is 10.4 Å². The number of hydrogen-bond donors (Lipinski definition) is 7. The highest BCUT2D eigenvalue weighted by molar-refractivity contribution is 14.1. The summed E-state index contributed by atoms with van der Waals surface area (Å²) in [5, 5.41) is 25.2. The molecular weight excluding hydrogens is 1120 g/mol. The van der Waals surface area contributed by atoms with Gasteiger partial charge in [-0.15, -0.1) is 11.3 Å². The maximum Gasteiger partial charge on any atom is 0.277 e.